The van der Waals surface area contributed by atoms with E-state index in [4.69, 9.17) is 9.84 Å². The molecule has 0 aliphatic carbocycles. The van der Waals surface area contributed by atoms with Gasteiger partial charge in [0.25, 0.3) is 0 Å². The molecule has 3 N–H and O–H groups in total. The third-order valence-corrected chi connectivity index (χ3v) is 3.86. The molecule has 0 saturated heterocycles. The van der Waals surface area contributed by atoms with Crippen LogP contribution in [0.5, 0.6) is 11.5 Å². The topological polar surface area (TPSA) is 69.9 Å². The zero-order valence-electron chi connectivity index (χ0n) is 13.6. The van der Waals surface area contributed by atoms with Gasteiger partial charge in [-0.2, -0.15) is 0 Å². The summed E-state index contributed by atoms with van der Waals surface area (Å²) < 4.78 is 5.44. The van der Waals surface area contributed by atoms with E-state index in [-0.39, 0.29) is 6.61 Å². The third kappa shape index (κ3) is 4.24. The number of aromatic hydroxyl groups is 1. The minimum absolute atomic E-state index is 0.263. The van der Waals surface area contributed by atoms with Crippen LogP contribution in [-0.2, 0) is 12.8 Å². The molecular weight excluding hydrogens is 292 g/mol. The molecule has 2 aromatic carbocycles. The number of aliphatic hydroxyl groups excluding tert-OH is 2. The second kappa shape index (κ2) is 7.99. The average molecular weight is 316 g/mol. The Kier molecular flexibility index (Phi) is 6.02. The molecule has 0 bridgehead atoms. The summed E-state index contributed by atoms with van der Waals surface area (Å²) >= 11 is 0. The molecule has 4 nitrogen and oxygen atoms in total. The van der Waals surface area contributed by atoms with Gasteiger partial charge in [-0.25, -0.2) is 0 Å². The first-order valence-corrected chi connectivity index (χ1v) is 7.87. The summed E-state index contributed by atoms with van der Waals surface area (Å²) in [6, 6.07) is 11.2. The summed E-state index contributed by atoms with van der Waals surface area (Å²) in [5.41, 5.74) is 3.70. The Labute approximate surface area is 137 Å². The minimum Gasteiger partial charge on any atom is -0.508 e. The number of benzene rings is 2. The molecule has 4 heteroatoms. The lowest BCUT2D eigenvalue weighted by molar-refractivity contribution is 0.0955. The summed E-state index contributed by atoms with van der Waals surface area (Å²) in [5.74, 6) is 1.04. The van der Waals surface area contributed by atoms with E-state index < -0.39 is 6.10 Å². The first-order chi connectivity index (χ1) is 11.1. The van der Waals surface area contributed by atoms with Crippen molar-refractivity contribution in [3.63, 3.8) is 0 Å². The molecule has 0 aliphatic rings. The van der Waals surface area contributed by atoms with Crippen LogP contribution in [0.1, 0.15) is 24.5 Å². The van der Waals surface area contributed by atoms with Gasteiger partial charge in [0.2, 0.25) is 0 Å². The Morgan fingerprint density at radius 2 is 1.91 bits per heavy atom. The number of phenolic OH excluding ortho intramolecular Hbond substituents is 1. The van der Waals surface area contributed by atoms with Gasteiger partial charge in [0.15, 0.2) is 0 Å². The quantitative estimate of drug-likeness (QED) is 0.734. The van der Waals surface area contributed by atoms with Crippen molar-refractivity contribution in [3.05, 3.63) is 47.5 Å². The Hall–Kier alpha value is -2.04. The van der Waals surface area contributed by atoms with E-state index in [0.29, 0.717) is 12.2 Å². The number of hydrogen-bond acceptors (Lipinski definition) is 4. The number of rotatable bonds is 7. The van der Waals surface area contributed by atoms with Crippen molar-refractivity contribution in [2.75, 3.05) is 13.7 Å². The van der Waals surface area contributed by atoms with Crippen LogP contribution in [0.25, 0.3) is 11.1 Å². The van der Waals surface area contributed by atoms with E-state index in [1.54, 1.807) is 13.2 Å². The lowest BCUT2D eigenvalue weighted by Crippen LogP contribution is -2.15. The van der Waals surface area contributed by atoms with Crippen LogP contribution in [0, 0.1) is 0 Å². The minimum atomic E-state index is -0.772. The maximum Gasteiger partial charge on any atom is 0.126 e. The second-order valence-electron chi connectivity index (χ2n) is 5.67. The highest BCUT2D eigenvalue weighted by atomic mass is 16.5. The first kappa shape index (κ1) is 17.3. The molecular formula is C19H24O4. The van der Waals surface area contributed by atoms with E-state index in [0.717, 1.165) is 40.8 Å². The molecule has 2 rings (SSSR count). The molecule has 0 amide bonds. The Bertz CT molecular complexity index is 652. The second-order valence-corrected chi connectivity index (χ2v) is 5.67. The summed E-state index contributed by atoms with van der Waals surface area (Å²) in [6.07, 6.45) is 1.38. The van der Waals surface area contributed by atoms with E-state index in [1.807, 2.05) is 30.3 Å². The molecule has 0 radical (unpaired) electrons. The molecule has 0 aromatic heterocycles. The fourth-order valence-electron chi connectivity index (χ4n) is 2.67. The van der Waals surface area contributed by atoms with E-state index in [2.05, 4.69) is 6.92 Å². The molecule has 124 valence electrons. The summed E-state index contributed by atoms with van der Waals surface area (Å²) in [5, 5.41) is 28.6. The van der Waals surface area contributed by atoms with Gasteiger partial charge in [0, 0.05) is 12.0 Å². The predicted octanol–water partition coefficient (Wildman–Crippen LogP) is 2.92. The van der Waals surface area contributed by atoms with E-state index in [1.165, 1.54) is 0 Å². The van der Waals surface area contributed by atoms with Gasteiger partial charge in [-0.05, 0) is 47.4 Å². The molecule has 1 atom stereocenters. The van der Waals surface area contributed by atoms with Crippen molar-refractivity contribution in [2.24, 2.45) is 0 Å². The number of ether oxygens (including phenoxy) is 1. The molecule has 23 heavy (non-hydrogen) atoms. The first-order valence-electron chi connectivity index (χ1n) is 7.87. The summed E-state index contributed by atoms with van der Waals surface area (Å²) in [7, 11) is 1.62. The van der Waals surface area contributed by atoms with E-state index in [9.17, 15) is 10.2 Å². The molecule has 0 heterocycles. The van der Waals surface area contributed by atoms with Crippen molar-refractivity contribution >= 4 is 0 Å². The predicted molar refractivity (Wildman–Crippen MR) is 90.9 cm³/mol. The number of aryl methyl sites for hydroxylation is 1. The Balaban J connectivity index is 2.43. The lowest BCUT2D eigenvalue weighted by atomic mass is 9.96. The van der Waals surface area contributed by atoms with Gasteiger partial charge < -0.3 is 20.1 Å². The van der Waals surface area contributed by atoms with Crippen LogP contribution < -0.4 is 4.74 Å². The van der Waals surface area contributed by atoms with Gasteiger partial charge >= 0.3 is 0 Å². The van der Waals surface area contributed by atoms with E-state index >= 15 is 0 Å². The van der Waals surface area contributed by atoms with Gasteiger partial charge in [0.05, 0.1) is 19.8 Å². The van der Waals surface area contributed by atoms with Crippen LogP contribution in [0.3, 0.4) is 0 Å². The number of phenols is 1. The highest BCUT2D eigenvalue weighted by Gasteiger charge is 2.12. The van der Waals surface area contributed by atoms with Crippen molar-refractivity contribution in [2.45, 2.75) is 32.3 Å². The van der Waals surface area contributed by atoms with Crippen LogP contribution in [0.2, 0.25) is 0 Å². The van der Waals surface area contributed by atoms with Crippen LogP contribution in [0.4, 0.5) is 0 Å². The molecule has 1 unspecified atom stereocenters. The van der Waals surface area contributed by atoms with Crippen LogP contribution in [0.15, 0.2) is 36.4 Å². The fourth-order valence-corrected chi connectivity index (χ4v) is 2.67. The SMILES string of the molecule is CCCc1cc(-c2cc(CC(O)CO)ccc2OC)ccc1O. The third-order valence-electron chi connectivity index (χ3n) is 3.86. The zero-order valence-corrected chi connectivity index (χ0v) is 13.6. The van der Waals surface area contributed by atoms with Crippen LogP contribution in [-0.4, -0.2) is 35.1 Å². The maximum absolute atomic E-state index is 9.95. The fraction of sp³-hybridized carbons (Fsp3) is 0.368. The maximum atomic E-state index is 9.95. The monoisotopic (exact) mass is 316 g/mol. The Morgan fingerprint density at radius 1 is 1.13 bits per heavy atom. The average Bonchev–Trinajstić information content (AvgIpc) is 2.57. The normalized spacial score (nSPS) is 12.2. The highest BCUT2D eigenvalue weighted by Crippen LogP contribution is 2.34. The van der Waals surface area contributed by atoms with Gasteiger partial charge in [-0.3, -0.25) is 0 Å². The Morgan fingerprint density at radius 3 is 2.57 bits per heavy atom. The molecule has 0 spiro atoms. The van der Waals surface area contributed by atoms with Crippen LogP contribution >= 0.6 is 0 Å². The summed E-state index contributed by atoms with van der Waals surface area (Å²) in [6.45, 7) is 1.81. The van der Waals surface area contributed by atoms with Crippen molar-refractivity contribution in [1.82, 2.24) is 0 Å². The van der Waals surface area contributed by atoms with Crippen molar-refractivity contribution < 1.29 is 20.1 Å². The summed E-state index contributed by atoms with van der Waals surface area (Å²) in [4.78, 5) is 0. The number of methoxy groups -OCH3 is 1. The smallest absolute Gasteiger partial charge is 0.126 e. The lowest BCUT2D eigenvalue weighted by Gasteiger charge is -2.14. The van der Waals surface area contributed by atoms with Gasteiger partial charge in [-0.15, -0.1) is 0 Å². The zero-order chi connectivity index (χ0) is 16.8. The highest BCUT2D eigenvalue weighted by molar-refractivity contribution is 5.72. The van der Waals surface area contributed by atoms with Gasteiger partial charge in [0.1, 0.15) is 11.5 Å². The molecule has 2 aromatic rings. The van der Waals surface area contributed by atoms with Gasteiger partial charge in [-0.1, -0.05) is 25.5 Å². The number of hydrogen-bond donors (Lipinski definition) is 3. The standard InChI is InChI=1S/C19H24O4/c1-3-4-15-11-14(6-7-18(15)22)17-10-13(9-16(21)12-20)5-8-19(17)23-2/h5-8,10-11,16,20-22H,3-4,9,12H2,1-2H3. The molecule has 0 saturated carbocycles. The molecule has 0 aliphatic heterocycles. The number of aliphatic hydroxyl groups is 2. The van der Waals surface area contributed by atoms with Crippen molar-refractivity contribution in [1.29, 1.82) is 0 Å². The molecule has 0 fully saturated rings. The largest absolute Gasteiger partial charge is 0.508 e. The van der Waals surface area contributed by atoms with Crippen molar-refractivity contribution in [3.8, 4) is 22.6 Å².